The molecule has 0 aliphatic carbocycles. The van der Waals surface area contributed by atoms with E-state index < -0.39 is 90.7 Å². The number of amides is 2. The number of nitrogens with two attached hydrogens (primary N) is 1. The third-order valence-corrected chi connectivity index (χ3v) is 13.2. The highest BCUT2D eigenvalue weighted by Gasteiger charge is 2.50. The van der Waals surface area contributed by atoms with Crippen molar-refractivity contribution < 1.29 is 85.6 Å². The number of carbonyl (C=O) groups excluding carboxylic acids is 3. The number of nitrogens with zero attached hydrogens (tertiary/aromatic N) is 4. The van der Waals surface area contributed by atoms with Crippen LogP contribution < -0.4 is 16.4 Å². The molecule has 3 heterocycles. The number of anilines is 1. The number of rotatable bonds is 29. The van der Waals surface area contributed by atoms with Crippen LogP contribution in [0.2, 0.25) is 0 Å². The molecular formula is C35H58N7O18P3S. The van der Waals surface area contributed by atoms with Crippen LogP contribution in [0.1, 0.15) is 78.4 Å². The van der Waals surface area contributed by atoms with E-state index in [-0.39, 0.29) is 41.6 Å². The monoisotopic (exact) mass is 989 g/mol. The number of phosphoric acid groups is 3. The highest BCUT2D eigenvalue weighted by Crippen LogP contribution is 2.61. The number of thioether (sulfide) groups is 1. The molecule has 1 aliphatic rings. The Labute approximate surface area is 373 Å². The molecule has 25 nitrogen and oxygen atoms in total. The molecule has 0 aromatic carbocycles. The van der Waals surface area contributed by atoms with Gasteiger partial charge in [-0.2, -0.15) is 4.31 Å². The Kier molecular flexibility index (Phi) is 22.3. The Morgan fingerprint density at radius 1 is 0.984 bits per heavy atom. The molecule has 0 saturated carbocycles. The summed E-state index contributed by atoms with van der Waals surface area (Å²) in [6, 6.07) is 0. The van der Waals surface area contributed by atoms with Crippen molar-refractivity contribution in [3.8, 4) is 0 Å². The lowest BCUT2D eigenvalue weighted by Crippen LogP contribution is -2.46. The fourth-order valence-electron chi connectivity index (χ4n) is 5.83. The van der Waals surface area contributed by atoms with E-state index in [1.165, 1.54) is 13.8 Å². The SMILES string of the molecule is CC/C=C/C/C=C/CC(O)CCCCC(=O)SCCNC(=O)CCNC(=O)C(O)C(C)(C)COP(=O)(O)OP(=O)(O)OCC1OC(n2cnc3c(N)ncnc32)C(O)C1OP(=O)(O)O. The van der Waals surface area contributed by atoms with Crippen molar-refractivity contribution in [2.75, 3.05) is 37.8 Å². The van der Waals surface area contributed by atoms with Crippen LogP contribution in [0.25, 0.3) is 11.2 Å². The van der Waals surface area contributed by atoms with Gasteiger partial charge < -0.3 is 56.0 Å². The number of hydrogen-bond acceptors (Lipinski definition) is 19. The first-order chi connectivity index (χ1) is 29.9. The fraction of sp³-hybridized carbons (Fsp3) is 0.657. The summed E-state index contributed by atoms with van der Waals surface area (Å²) in [6.07, 6.45) is 5.31. The van der Waals surface area contributed by atoms with Gasteiger partial charge in [-0.25, -0.2) is 28.6 Å². The third-order valence-electron chi connectivity index (χ3n) is 9.18. The van der Waals surface area contributed by atoms with E-state index in [9.17, 15) is 63.0 Å². The van der Waals surface area contributed by atoms with Gasteiger partial charge in [-0.1, -0.05) is 63.3 Å². The average molecular weight is 990 g/mol. The summed E-state index contributed by atoms with van der Waals surface area (Å²) in [5.74, 6) is -1.15. The molecule has 1 saturated heterocycles. The van der Waals surface area contributed by atoms with E-state index in [0.717, 1.165) is 41.8 Å². The van der Waals surface area contributed by atoms with Crippen molar-refractivity contribution in [1.29, 1.82) is 0 Å². The van der Waals surface area contributed by atoms with Gasteiger partial charge >= 0.3 is 23.5 Å². The summed E-state index contributed by atoms with van der Waals surface area (Å²) in [4.78, 5) is 88.1. The van der Waals surface area contributed by atoms with Crippen LogP contribution in [0.5, 0.6) is 0 Å². The van der Waals surface area contributed by atoms with Crippen LogP contribution in [0.4, 0.5) is 5.82 Å². The van der Waals surface area contributed by atoms with Crippen LogP contribution >= 0.6 is 35.2 Å². The van der Waals surface area contributed by atoms with Crippen LogP contribution in [-0.4, -0.2) is 134 Å². The van der Waals surface area contributed by atoms with E-state index in [1.54, 1.807) is 0 Å². The summed E-state index contributed by atoms with van der Waals surface area (Å²) in [7, 11) is -16.4. The first-order valence-electron chi connectivity index (χ1n) is 20.0. The quantitative estimate of drug-likeness (QED) is 0.0316. The lowest BCUT2D eigenvalue weighted by Gasteiger charge is -2.30. The van der Waals surface area contributed by atoms with E-state index in [4.69, 9.17) is 19.5 Å². The molecule has 11 N–H and O–H groups in total. The van der Waals surface area contributed by atoms with Gasteiger partial charge in [0.05, 0.1) is 25.6 Å². The number of nitrogens with one attached hydrogen (secondary N) is 2. The summed E-state index contributed by atoms with van der Waals surface area (Å²) >= 11 is 1.07. The molecule has 0 bridgehead atoms. The Hall–Kier alpha value is -3.00. The zero-order chi connectivity index (χ0) is 47.7. The standard InChI is InChI=1S/C35H58N7O18P3S/c1-4-5-6-7-8-9-12-23(43)13-10-11-14-26(45)64-18-17-37-25(44)15-16-38-33(48)30(47)35(2,3)20-57-63(54,55)60-62(52,53)56-19-24-29(59-61(49,50)51)28(46)34(58-24)42-22-41-27-31(36)39-21-40-32(27)42/h5-6,8-9,21-24,28-30,34,43,46-47H,4,7,10-20H2,1-3H3,(H,37,44)(H,38,48)(H,52,53)(H,54,55)(H2,36,39,40)(H2,49,50,51)/b6-5+,9-8+. The molecule has 0 radical (unpaired) electrons. The van der Waals surface area contributed by atoms with Gasteiger partial charge in [0.25, 0.3) is 0 Å². The molecule has 29 heteroatoms. The number of nitrogen functional groups attached to an aromatic ring is 1. The highest BCUT2D eigenvalue weighted by molar-refractivity contribution is 8.13. The topological polar surface area (TPSA) is 384 Å². The van der Waals surface area contributed by atoms with E-state index >= 15 is 0 Å². The van der Waals surface area contributed by atoms with Crippen molar-refractivity contribution in [2.45, 2.75) is 109 Å². The average Bonchev–Trinajstić information content (AvgIpc) is 3.77. The molecule has 1 fully saturated rings. The second kappa shape index (κ2) is 25.8. The number of aliphatic hydroxyl groups excluding tert-OH is 3. The maximum absolute atomic E-state index is 12.7. The summed E-state index contributed by atoms with van der Waals surface area (Å²) < 4.78 is 62.3. The van der Waals surface area contributed by atoms with Crippen LogP contribution in [-0.2, 0) is 50.7 Å². The number of aromatic nitrogens is 4. The number of aliphatic hydroxyl groups is 3. The lowest BCUT2D eigenvalue weighted by atomic mass is 9.87. The van der Waals surface area contributed by atoms with E-state index in [2.05, 4.69) is 53.5 Å². The van der Waals surface area contributed by atoms with Crippen molar-refractivity contribution in [2.24, 2.45) is 5.41 Å². The van der Waals surface area contributed by atoms with Gasteiger partial charge in [-0.3, -0.25) is 32.5 Å². The van der Waals surface area contributed by atoms with Gasteiger partial charge in [-0.05, 0) is 32.1 Å². The highest BCUT2D eigenvalue weighted by atomic mass is 32.2. The minimum Gasteiger partial charge on any atom is -0.393 e. The second-order valence-electron chi connectivity index (χ2n) is 15.0. The molecule has 8 unspecified atom stereocenters. The number of fused-ring (bicyclic) bond motifs is 1. The van der Waals surface area contributed by atoms with Gasteiger partial charge in [0.2, 0.25) is 11.8 Å². The molecule has 64 heavy (non-hydrogen) atoms. The number of allylic oxidation sites excluding steroid dienone is 3. The molecule has 2 aromatic rings. The lowest BCUT2D eigenvalue weighted by molar-refractivity contribution is -0.137. The Balaban J connectivity index is 1.37. The number of hydrogen-bond donors (Lipinski definition) is 10. The Bertz CT molecular complexity index is 2060. The minimum absolute atomic E-state index is 0.0270. The zero-order valence-electron chi connectivity index (χ0n) is 35.4. The van der Waals surface area contributed by atoms with Gasteiger partial charge in [0.15, 0.2) is 22.8 Å². The molecule has 3 rings (SSSR count). The van der Waals surface area contributed by atoms with Crippen molar-refractivity contribution >= 4 is 69.1 Å². The zero-order valence-corrected chi connectivity index (χ0v) is 38.9. The molecule has 2 aromatic heterocycles. The second-order valence-corrected chi connectivity index (χ2v) is 20.4. The number of imidazole rings is 1. The smallest absolute Gasteiger partial charge is 0.393 e. The summed E-state index contributed by atoms with van der Waals surface area (Å²) in [5.41, 5.74) is 4.25. The summed E-state index contributed by atoms with van der Waals surface area (Å²) in [5, 5.41) is 36.5. The first kappa shape index (κ1) is 55.3. The summed E-state index contributed by atoms with van der Waals surface area (Å²) in [6.45, 7) is 2.50. The number of ether oxygens (including phenoxy) is 1. The molecule has 2 amide bonds. The van der Waals surface area contributed by atoms with Gasteiger partial charge in [0, 0.05) is 37.1 Å². The predicted molar refractivity (Wildman–Crippen MR) is 229 cm³/mol. The van der Waals surface area contributed by atoms with Crippen molar-refractivity contribution in [1.82, 2.24) is 30.2 Å². The fourth-order valence-corrected chi connectivity index (χ4v) is 9.37. The van der Waals surface area contributed by atoms with Crippen molar-refractivity contribution in [3.05, 3.63) is 37.0 Å². The third kappa shape index (κ3) is 19.1. The number of phosphoric ester groups is 3. The number of unbranched alkanes of at least 4 members (excludes halogenated alkanes) is 1. The maximum atomic E-state index is 12.7. The van der Waals surface area contributed by atoms with Gasteiger partial charge in [0.1, 0.15) is 36.3 Å². The van der Waals surface area contributed by atoms with E-state index in [0.29, 0.717) is 37.9 Å². The Morgan fingerprint density at radius 2 is 1.69 bits per heavy atom. The first-order valence-corrected chi connectivity index (χ1v) is 25.5. The molecule has 362 valence electrons. The van der Waals surface area contributed by atoms with Crippen LogP contribution in [0, 0.1) is 5.41 Å². The van der Waals surface area contributed by atoms with Crippen LogP contribution in [0.3, 0.4) is 0 Å². The number of carbonyl (C=O) groups is 3. The molecular weight excluding hydrogens is 931 g/mol. The predicted octanol–water partition coefficient (Wildman–Crippen LogP) is 1.89. The molecule has 8 atom stereocenters. The van der Waals surface area contributed by atoms with Crippen molar-refractivity contribution in [3.63, 3.8) is 0 Å². The largest absolute Gasteiger partial charge is 0.481 e. The normalized spacial score (nSPS) is 21.2. The molecule has 0 spiro atoms. The molecule has 1 aliphatic heterocycles. The Morgan fingerprint density at radius 3 is 2.39 bits per heavy atom. The van der Waals surface area contributed by atoms with E-state index in [1.807, 2.05) is 12.2 Å². The maximum Gasteiger partial charge on any atom is 0.481 e. The van der Waals surface area contributed by atoms with Gasteiger partial charge in [-0.15, -0.1) is 0 Å². The van der Waals surface area contributed by atoms with Crippen LogP contribution in [0.15, 0.2) is 37.0 Å². The minimum atomic E-state index is -5.58.